The van der Waals surface area contributed by atoms with Crippen LogP contribution in [0.2, 0.25) is 0 Å². The van der Waals surface area contributed by atoms with E-state index in [1.54, 1.807) is 17.4 Å². The maximum atomic E-state index is 12.0. The van der Waals surface area contributed by atoms with Gasteiger partial charge in [0.05, 0.1) is 16.0 Å². The second kappa shape index (κ2) is 6.79. The first-order valence-corrected chi connectivity index (χ1v) is 10.8. The Balaban J connectivity index is 1.57. The maximum absolute atomic E-state index is 12.0. The van der Waals surface area contributed by atoms with Crippen LogP contribution in [0.25, 0.3) is 47.9 Å². The number of hydrogen-bond donors (Lipinski definition) is 0. The predicted molar refractivity (Wildman–Crippen MR) is 128 cm³/mol. The summed E-state index contributed by atoms with van der Waals surface area (Å²) in [5, 5.41) is 15.4. The van der Waals surface area contributed by atoms with Gasteiger partial charge >= 0.3 is 0 Å². The molecule has 0 amide bonds. The van der Waals surface area contributed by atoms with Gasteiger partial charge in [0.1, 0.15) is 0 Å². The van der Waals surface area contributed by atoms with Crippen LogP contribution in [0.3, 0.4) is 0 Å². The van der Waals surface area contributed by atoms with Crippen LogP contribution >= 0.6 is 11.3 Å². The number of para-hydroxylation sites is 1. The Morgan fingerprint density at radius 1 is 0.774 bits per heavy atom. The van der Waals surface area contributed by atoms with Crippen LogP contribution in [-0.4, -0.2) is 9.49 Å². The molecule has 0 N–H and O–H groups in total. The lowest BCUT2D eigenvalue weighted by Crippen LogP contribution is -1.95. The summed E-state index contributed by atoms with van der Waals surface area (Å²) in [6.45, 7) is 0. The lowest BCUT2D eigenvalue weighted by Gasteiger charge is -2.08. The van der Waals surface area contributed by atoms with E-state index in [0.29, 0.717) is 5.56 Å². The molecule has 31 heavy (non-hydrogen) atoms. The van der Waals surface area contributed by atoms with Crippen molar-refractivity contribution >= 4 is 48.1 Å². The Labute approximate surface area is 181 Å². The first-order chi connectivity index (χ1) is 15.2. The van der Waals surface area contributed by atoms with Crippen LogP contribution in [0, 0.1) is 10.1 Å². The molecule has 4 aromatic carbocycles. The molecule has 148 valence electrons. The third-order valence-corrected chi connectivity index (χ3v) is 6.86. The summed E-state index contributed by atoms with van der Waals surface area (Å²) in [7, 11) is 0. The van der Waals surface area contributed by atoms with Gasteiger partial charge in [-0.2, -0.15) is 0 Å². The van der Waals surface area contributed by atoms with Crippen molar-refractivity contribution in [1.82, 2.24) is 4.57 Å². The second-order valence-electron chi connectivity index (χ2n) is 7.52. The zero-order valence-corrected chi connectivity index (χ0v) is 17.2. The number of nitro groups is 1. The van der Waals surface area contributed by atoms with Crippen LogP contribution in [-0.2, 0) is 0 Å². The monoisotopic (exact) mass is 420 g/mol. The lowest BCUT2D eigenvalue weighted by molar-refractivity contribution is -0.384. The highest BCUT2D eigenvalue weighted by Crippen LogP contribution is 2.40. The van der Waals surface area contributed by atoms with Crippen LogP contribution in [0.5, 0.6) is 0 Å². The van der Waals surface area contributed by atoms with Gasteiger partial charge in [0.25, 0.3) is 5.69 Å². The Morgan fingerprint density at radius 3 is 2.39 bits per heavy atom. The summed E-state index contributed by atoms with van der Waals surface area (Å²) >= 11 is 1.72. The summed E-state index contributed by atoms with van der Waals surface area (Å²) in [6.07, 6.45) is 1.96. The minimum Gasteiger partial charge on any atom is -0.316 e. The third-order valence-electron chi connectivity index (χ3n) is 5.73. The number of thiophene rings is 1. The van der Waals surface area contributed by atoms with Gasteiger partial charge in [-0.25, -0.2) is 0 Å². The third kappa shape index (κ3) is 2.82. The summed E-state index contributed by atoms with van der Waals surface area (Å²) in [5.41, 5.74) is 3.42. The van der Waals surface area contributed by atoms with Crippen molar-refractivity contribution in [3.63, 3.8) is 0 Å². The molecule has 6 rings (SSSR count). The molecule has 2 aromatic heterocycles. The minimum absolute atomic E-state index is 0.115. The Hall–Kier alpha value is -3.96. The molecule has 0 radical (unpaired) electrons. The van der Waals surface area contributed by atoms with Gasteiger partial charge in [-0.3, -0.25) is 10.1 Å². The number of rotatable bonds is 3. The highest BCUT2D eigenvalue weighted by molar-refractivity contribution is 7.25. The Bertz CT molecular complexity index is 1610. The van der Waals surface area contributed by atoms with Gasteiger partial charge in [0.2, 0.25) is 0 Å². The summed E-state index contributed by atoms with van der Waals surface area (Å²) < 4.78 is 4.34. The quantitative estimate of drug-likeness (QED) is 0.219. The van der Waals surface area contributed by atoms with Gasteiger partial charge in [0, 0.05) is 43.5 Å². The number of hydrogen-bond acceptors (Lipinski definition) is 3. The van der Waals surface area contributed by atoms with Gasteiger partial charge in [-0.1, -0.05) is 48.5 Å². The number of aromatic nitrogens is 1. The Kier molecular flexibility index (Phi) is 3.91. The standard InChI is InChI=1S/C26H16N2O2S/c29-28(30)24-16-23-18(12-13-27(23)19-6-2-1-3-7-19)14-22(24)17-10-11-21-20-8-4-5-9-25(20)31-26(21)15-17/h1-16H. The van der Waals surface area contributed by atoms with E-state index in [1.165, 1.54) is 15.5 Å². The van der Waals surface area contributed by atoms with Crippen LogP contribution in [0.15, 0.2) is 97.2 Å². The zero-order chi connectivity index (χ0) is 20.9. The molecule has 0 saturated carbocycles. The van der Waals surface area contributed by atoms with Crippen molar-refractivity contribution in [2.45, 2.75) is 0 Å². The van der Waals surface area contributed by atoms with Crippen LogP contribution in [0.1, 0.15) is 0 Å². The molecule has 2 heterocycles. The molecule has 5 heteroatoms. The van der Waals surface area contributed by atoms with Crippen molar-refractivity contribution in [2.24, 2.45) is 0 Å². The fraction of sp³-hybridized carbons (Fsp3) is 0. The summed E-state index contributed by atoms with van der Waals surface area (Å²) in [4.78, 5) is 11.7. The fourth-order valence-electron chi connectivity index (χ4n) is 4.26. The first-order valence-electron chi connectivity index (χ1n) is 9.96. The van der Waals surface area contributed by atoms with E-state index in [-0.39, 0.29) is 10.6 Å². The Morgan fingerprint density at radius 2 is 1.55 bits per heavy atom. The normalized spacial score (nSPS) is 11.5. The minimum atomic E-state index is -0.285. The molecule has 0 fully saturated rings. The van der Waals surface area contributed by atoms with Gasteiger partial charge < -0.3 is 4.57 Å². The number of benzene rings is 4. The van der Waals surface area contributed by atoms with E-state index in [9.17, 15) is 10.1 Å². The second-order valence-corrected chi connectivity index (χ2v) is 8.60. The summed E-state index contributed by atoms with van der Waals surface area (Å²) in [5.74, 6) is 0. The van der Waals surface area contributed by atoms with E-state index < -0.39 is 0 Å². The van der Waals surface area contributed by atoms with Crippen LogP contribution < -0.4 is 0 Å². The smallest absolute Gasteiger partial charge is 0.279 e. The van der Waals surface area contributed by atoms with E-state index in [1.807, 2.05) is 71.4 Å². The van der Waals surface area contributed by atoms with E-state index in [2.05, 4.69) is 24.3 Å². The molecule has 0 saturated heterocycles. The van der Waals surface area contributed by atoms with E-state index in [0.717, 1.165) is 26.9 Å². The highest BCUT2D eigenvalue weighted by Gasteiger charge is 2.19. The summed E-state index contributed by atoms with van der Waals surface area (Å²) in [6, 6.07) is 29.9. The van der Waals surface area contributed by atoms with Crippen molar-refractivity contribution in [3.05, 3.63) is 107 Å². The first kappa shape index (κ1) is 17.9. The molecule has 0 aliphatic carbocycles. The lowest BCUT2D eigenvalue weighted by atomic mass is 10.0. The van der Waals surface area contributed by atoms with Gasteiger partial charge in [-0.05, 0) is 42.0 Å². The topological polar surface area (TPSA) is 48.1 Å². The number of nitrogens with zero attached hydrogens (tertiary/aromatic N) is 2. The molecule has 6 aromatic rings. The highest BCUT2D eigenvalue weighted by atomic mass is 32.1. The SMILES string of the molecule is O=[N+]([O-])c1cc2c(ccn2-c2ccccc2)cc1-c1ccc2c(c1)sc1ccccc12. The molecule has 0 bridgehead atoms. The maximum Gasteiger partial charge on any atom is 0.279 e. The zero-order valence-electron chi connectivity index (χ0n) is 16.4. The van der Waals surface area contributed by atoms with E-state index in [4.69, 9.17) is 0 Å². The average Bonchev–Trinajstić information content (AvgIpc) is 3.39. The average molecular weight is 420 g/mol. The molecular weight excluding hydrogens is 404 g/mol. The molecule has 0 aliphatic rings. The van der Waals surface area contributed by atoms with Crippen molar-refractivity contribution < 1.29 is 4.92 Å². The van der Waals surface area contributed by atoms with E-state index >= 15 is 0 Å². The van der Waals surface area contributed by atoms with Crippen molar-refractivity contribution in [1.29, 1.82) is 0 Å². The molecule has 0 unspecified atom stereocenters. The molecule has 0 atom stereocenters. The molecule has 0 aliphatic heterocycles. The molecular formula is C26H16N2O2S. The van der Waals surface area contributed by atoms with Gasteiger partial charge in [0.15, 0.2) is 0 Å². The number of fused-ring (bicyclic) bond motifs is 4. The number of nitro benzene ring substituents is 1. The predicted octanol–water partition coefficient (Wildman–Crippen LogP) is 7.57. The van der Waals surface area contributed by atoms with Crippen molar-refractivity contribution in [2.75, 3.05) is 0 Å². The molecule has 0 spiro atoms. The van der Waals surface area contributed by atoms with Gasteiger partial charge in [-0.15, -0.1) is 11.3 Å². The molecule has 4 nitrogen and oxygen atoms in total. The van der Waals surface area contributed by atoms with Crippen LogP contribution in [0.4, 0.5) is 5.69 Å². The van der Waals surface area contributed by atoms with Crippen molar-refractivity contribution in [3.8, 4) is 16.8 Å². The largest absolute Gasteiger partial charge is 0.316 e. The fourth-order valence-corrected chi connectivity index (χ4v) is 5.41.